The monoisotopic (exact) mass is 391 g/mol. The van der Waals surface area contributed by atoms with Crippen LogP contribution in [0.25, 0.3) is 0 Å². The van der Waals surface area contributed by atoms with Crippen molar-refractivity contribution < 1.29 is 22.1 Å². The van der Waals surface area contributed by atoms with Crippen molar-refractivity contribution >= 4 is 16.0 Å². The van der Waals surface area contributed by atoms with E-state index < -0.39 is 10.1 Å². The molecule has 2 rings (SSSR count). The minimum Gasteiger partial charge on any atom is -0.383 e. The molecule has 0 heterocycles. The Bertz CT molecular complexity index is 850. The molecule has 27 heavy (non-hydrogen) atoms. The van der Waals surface area contributed by atoms with Crippen molar-refractivity contribution in [1.82, 2.24) is 4.90 Å². The van der Waals surface area contributed by atoms with Gasteiger partial charge in [0.25, 0.3) is 0 Å². The highest BCUT2D eigenvalue weighted by molar-refractivity contribution is 7.86. The van der Waals surface area contributed by atoms with Crippen LogP contribution in [-0.2, 0) is 32.8 Å². The third kappa shape index (κ3) is 7.40. The van der Waals surface area contributed by atoms with Gasteiger partial charge in [0.15, 0.2) is 0 Å². The summed E-state index contributed by atoms with van der Waals surface area (Å²) < 4.78 is 33.0. The molecule has 1 amide bonds. The van der Waals surface area contributed by atoms with Gasteiger partial charge in [-0.2, -0.15) is 8.42 Å². The van der Waals surface area contributed by atoms with E-state index in [9.17, 15) is 13.2 Å². The number of amides is 1. The van der Waals surface area contributed by atoms with Crippen molar-refractivity contribution in [3.63, 3.8) is 0 Å². The number of hydrogen-bond acceptors (Lipinski definition) is 5. The number of nitrogens with zero attached hydrogens (tertiary/aromatic N) is 1. The fourth-order valence-corrected chi connectivity index (χ4v) is 2.99. The van der Waals surface area contributed by atoms with Crippen molar-refractivity contribution in [3.8, 4) is 5.75 Å². The molecule has 0 aromatic heterocycles. The fourth-order valence-electron chi connectivity index (χ4n) is 2.54. The van der Waals surface area contributed by atoms with E-state index in [1.165, 1.54) is 0 Å². The lowest BCUT2D eigenvalue weighted by Crippen LogP contribution is -2.38. The molecule has 6 nitrogen and oxygen atoms in total. The summed E-state index contributed by atoms with van der Waals surface area (Å²) in [4.78, 5) is 14.3. The Balaban J connectivity index is 1.98. The third-order valence-electron chi connectivity index (χ3n) is 3.78. The predicted molar refractivity (Wildman–Crippen MR) is 104 cm³/mol. The SMILES string of the molecule is CC(C)N(Cc1cccc(OS(C)(=O)=O)c1)C(=O)COCc1ccccc1. The lowest BCUT2D eigenvalue weighted by molar-refractivity contribution is -0.139. The first-order valence-corrected chi connectivity index (χ1v) is 10.5. The Labute approximate surface area is 160 Å². The first-order valence-electron chi connectivity index (χ1n) is 8.64. The average Bonchev–Trinajstić information content (AvgIpc) is 2.59. The molecule has 0 aliphatic rings. The maximum atomic E-state index is 12.6. The summed E-state index contributed by atoms with van der Waals surface area (Å²) >= 11 is 0. The number of carbonyl (C=O) groups is 1. The van der Waals surface area contributed by atoms with Gasteiger partial charge in [0, 0.05) is 12.6 Å². The van der Waals surface area contributed by atoms with Crippen LogP contribution in [0.4, 0.5) is 0 Å². The summed E-state index contributed by atoms with van der Waals surface area (Å²) in [6.45, 7) is 4.53. The van der Waals surface area contributed by atoms with Gasteiger partial charge in [-0.3, -0.25) is 4.79 Å². The van der Waals surface area contributed by atoms with Crippen molar-refractivity contribution in [2.75, 3.05) is 12.9 Å². The normalized spacial score (nSPS) is 11.4. The van der Waals surface area contributed by atoms with Gasteiger partial charge in [-0.15, -0.1) is 0 Å². The second kappa shape index (κ2) is 9.53. The summed E-state index contributed by atoms with van der Waals surface area (Å²) in [6.07, 6.45) is 0.994. The Morgan fingerprint density at radius 2 is 1.70 bits per heavy atom. The highest BCUT2D eigenvalue weighted by atomic mass is 32.2. The van der Waals surface area contributed by atoms with Gasteiger partial charge in [0.05, 0.1) is 12.9 Å². The first-order chi connectivity index (χ1) is 12.7. The topological polar surface area (TPSA) is 72.9 Å². The minimum atomic E-state index is -3.59. The molecule has 0 aliphatic heterocycles. The zero-order chi connectivity index (χ0) is 19.9. The summed E-state index contributed by atoms with van der Waals surface area (Å²) in [7, 11) is -3.59. The Morgan fingerprint density at radius 3 is 2.33 bits per heavy atom. The largest absolute Gasteiger partial charge is 0.383 e. The van der Waals surface area contributed by atoms with Crippen LogP contribution in [0, 0.1) is 0 Å². The second-order valence-corrected chi connectivity index (χ2v) is 8.10. The Kier molecular flexibility index (Phi) is 7.38. The van der Waals surface area contributed by atoms with Crippen LogP contribution >= 0.6 is 0 Å². The number of carbonyl (C=O) groups excluding carboxylic acids is 1. The molecule has 0 saturated carbocycles. The Morgan fingerprint density at radius 1 is 1.04 bits per heavy atom. The van der Waals surface area contributed by atoms with E-state index in [1.807, 2.05) is 50.2 Å². The van der Waals surface area contributed by atoms with E-state index in [4.69, 9.17) is 8.92 Å². The lowest BCUT2D eigenvalue weighted by Gasteiger charge is -2.27. The first kappa shape index (κ1) is 20.9. The van der Waals surface area contributed by atoms with Crippen LogP contribution in [0.2, 0.25) is 0 Å². The van der Waals surface area contributed by atoms with Gasteiger partial charge in [-0.05, 0) is 37.1 Å². The highest BCUT2D eigenvalue weighted by Crippen LogP contribution is 2.17. The number of rotatable bonds is 9. The molecule has 0 saturated heterocycles. The maximum absolute atomic E-state index is 12.6. The minimum absolute atomic E-state index is 0.0212. The molecule has 0 bridgehead atoms. The second-order valence-electron chi connectivity index (χ2n) is 6.53. The van der Waals surface area contributed by atoms with Gasteiger partial charge in [-0.25, -0.2) is 0 Å². The molecule has 0 N–H and O–H groups in total. The summed E-state index contributed by atoms with van der Waals surface area (Å²) in [5, 5.41) is 0. The quantitative estimate of drug-likeness (QED) is 0.615. The van der Waals surface area contributed by atoms with E-state index in [-0.39, 0.29) is 24.3 Å². The van der Waals surface area contributed by atoms with E-state index in [0.29, 0.717) is 13.2 Å². The molecule has 146 valence electrons. The summed E-state index contributed by atoms with van der Waals surface area (Å²) in [5.41, 5.74) is 1.79. The van der Waals surface area contributed by atoms with E-state index >= 15 is 0 Å². The molecule has 7 heteroatoms. The fraction of sp³-hybridized carbons (Fsp3) is 0.350. The van der Waals surface area contributed by atoms with Gasteiger partial charge in [-0.1, -0.05) is 42.5 Å². The molecule has 0 unspecified atom stereocenters. The maximum Gasteiger partial charge on any atom is 0.306 e. The van der Waals surface area contributed by atoms with Crippen LogP contribution in [-0.4, -0.2) is 38.1 Å². The van der Waals surface area contributed by atoms with Gasteiger partial charge < -0.3 is 13.8 Å². The van der Waals surface area contributed by atoms with Crippen molar-refractivity contribution in [1.29, 1.82) is 0 Å². The molecule has 0 radical (unpaired) electrons. The van der Waals surface area contributed by atoms with E-state index in [2.05, 4.69) is 0 Å². The van der Waals surface area contributed by atoms with Crippen LogP contribution in [0.15, 0.2) is 54.6 Å². The molecule has 0 aliphatic carbocycles. The molecular weight excluding hydrogens is 366 g/mol. The van der Waals surface area contributed by atoms with Crippen LogP contribution in [0.3, 0.4) is 0 Å². The van der Waals surface area contributed by atoms with Crippen LogP contribution in [0.5, 0.6) is 5.75 Å². The van der Waals surface area contributed by atoms with Crippen molar-refractivity contribution in [2.45, 2.75) is 33.0 Å². The van der Waals surface area contributed by atoms with E-state index in [1.54, 1.807) is 23.1 Å². The standard InChI is InChI=1S/C20H25NO5S/c1-16(2)21(20(22)15-25-14-17-8-5-4-6-9-17)13-18-10-7-11-19(12-18)26-27(3,23)24/h4-12,16H,13-15H2,1-3H3. The smallest absolute Gasteiger partial charge is 0.306 e. The van der Waals surface area contributed by atoms with Gasteiger partial charge in [0.1, 0.15) is 12.4 Å². The lowest BCUT2D eigenvalue weighted by atomic mass is 10.1. The molecule has 0 spiro atoms. The molecule has 2 aromatic rings. The number of benzene rings is 2. The Hall–Kier alpha value is -2.38. The van der Waals surface area contributed by atoms with E-state index in [0.717, 1.165) is 17.4 Å². The van der Waals surface area contributed by atoms with Gasteiger partial charge in [0.2, 0.25) is 5.91 Å². The predicted octanol–water partition coefficient (Wildman–Crippen LogP) is 2.98. The summed E-state index contributed by atoms with van der Waals surface area (Å²) in [5.74, 6) is 0.0989. The molecule has 2 aromatic carbocycles. The van der Waals surface area contributed by atoms with Crippen LogP contribution < -0.4 is 4.18 Å². The zero-order valence-corrected chi connectivity index (χ0v) is 16.6. The van der Waals surface area contributed by atoms with Gasteiger partial charge >= 0.3 is 10.1 Å². The van der Waals surface area contributed by atoms with Crippen molar-refractivity contribution in [2.24, 2.45) is 0 Å². The van der Waals surface area contributed by atoms with Crippen LogP contribution in [0.1, 0.15) is 25.0 Å². The molecule has 0 atom stereocenters. The highest BCUT2D eigenvalue weighted by Gasteiger charge is 2.18. The van der Waals surface area contributed by atoms with Crippen molar-refractivity contribution in [3.05, 3.63) is 65.7 Å². The number of hydrogen-bond donors (Lipinski definition) is 0. The molecule has 0 fully saturated rings. The zero-order valence-electron chi connectivity index (χ0n) is 15.8. The summed E-state index contributed by atoms with van der Waals surface area (Å²) in [6, 6.07) is 16.3. The third-order valence-corrected chi connectivity index (χ3v) is 4.27. The number of ether oxygens (including phenoxy) is 1. The average molecular weight is 391 g/mol. The molecular formula is C20H25NO5S.